The fourth-order valence-corrected chi connectivity index (χ4v) is 1.35. The molecule has 0 saturated heterocycles. The lowest BCUT2D eigenvalue weighted by atomic mass is 10.1. The van der Waals surface area contributed by atoms with Crippen LogP contribution < -0.4 is 5.32 Å². The quantitative estimate of drug-likeness (QED) is 0.678. The number of hydrogen-bond donors (Lipinski definition) is 3. The Morgan fingerprint density at radius 3 is 2.62 bits per heavy atom. The predicted octanol–water partition coefficient (Wildman–Crippen LogP) is 0.798. The smallest absolute Gasteiger partial charge is 0.127 e. The Kier molecular flexibility index (Phi) is 5.31. The molecular formula is C11H15F2NO2. The number of aliphatic hydroxyl groups excluding tert-OH is 2. The summed E-state index contributed by atoms with van der Waals surface area (Å²) in [6, 6.07) is 2.91. The van der Waals surface area contributed by atoms with E-state index in [4.69, 9.17) is 10.2 Å². The second-order valence-corrected chi connectivity index (χ2v) is 3.51. The van der Waals surface area contributed by atoms with Crippen LogP contribution in [0, 0.1) is 11.6 Å². The van der Waals surface area contributed by atoms with Gasteiger partial charge in [0.1, 0.15) is 11.6 Å². The Morgan fingerprint density at radius 2 is 2.00 bits per heavy atom. The summed E-state index contributed by atoms with van der Waals surface area (Å²) in [6.07, 6.45) is 0.368. The number of halogens is 2. The van der Waals surface area contributed by atoms with Gasteiger partial charge in [0.25, 0.3) is 0 Å². The van der Waals surface area contributed by atoms with Gasteiger partial charge in [-0.05, 0) is 24.6 Å². The summed E-state index contributed by atoms with van der Waals surface area (Å²) in [5.74, 6) is -0.990. The van der Waals surface area contributed by atoms with Gasteiger partial charge in [-0.2, -0.15) is 0 Å². The van der Waals surface area contributed by atoms with Crippen molar-refractivity contribution in [3.63, 3.8) is 0 Å². The summed E-state index contributed by atoms with van der Waals surface area (Å²) in [5.41, 5.74) is 0.205. The first-order valence-electron chi connectivity index (χ1n) is 5.06. The number of benzene rings is 1. The molecular weight excluding hydrogens is 216 g/mol. The van der Waals surface area contributed by atoms with Crippen LogP contribution in [0.4, 0.5) is 8.78 Å². The fraction of sp³-hybridized carbons (Fsp3) is 0.455. The molecule has 0 radical (unpaired) electrons. The molecule has 0 bridgehead atoms. The molecule has 90 valence electrons. The Labute approximate surface area is 92.7 Å². The van der Waals surface area contributed by atoms with Crippen LogP contribution >= 0.6 is 0 Å². The van der Waals surface area contributed by atoms with Crippen molar-refractivity contribution < 1.29 is 19.0 Å². The van der Waals surface area contributed by atoms with Gasteiger partial charge in [0, 0.05) is 24.8 Å². The van der Waals surface area contributed by atoms with Crippen LogP contribution in [0.5, 0.6) is 0 Å². The minimum Gasteiger partial charge on any atom is -0.396 e. The molecule has 0 heterocycles. The van der Waals surface area contributed by atoms with Gasteiger partial charge in [-0.1, -0.05) is 0 Å². The topological polar surface area (TPSA) is 52.5 Å². The van der Waals surface area contributed by atoms with Crippen molar-refractivity contribution in [1.82, 2.24) is 5.32 Å². The van der Waals surface area contributed by atoms with Crippen molar-refractivity contribution in [2.24, 2.45) is 0 Å². The first-order chi connectivity index (χ1) is 7.67. The summed E-state index contributed by atoms with van der Waals surface area (Å²) < 4.78 is 26.0. The zero-order chi connectivity index (χ0) is 12.0. The number of hydrogen-bond acceptors (Lipinski definition) is 3. The van der Waals surface area contributed by atoms with Crippen LogP contribution in [0.3, 0.4) is 0 Å². The molecule has 1 atom stereocenters. The summed E-state index contributed by atoms with van der Waals surface area (Å²) in [7, 11) is 0. The van der Waals surface area contributed by atoms with Crippen LogP contribution in [0.25, 0.3) is 0 Å². The molecule has 0 aliphatic rings. The molecule has 3 N–H and O–H groups in total. The van der Waals surface area contributed by atoms with Crippen molar-refractivity contribution >= 4 is 0 Å². The largest absolute Gasteiger partial charge is 0.396 e. The van der Waals surface area contributed by atoms with E-state index in [1.165, 1.54) is 0 Å². The van der Waals surface area contributed by atoms with E-state index < -0.39 is 11.6 Å². The lowest BCUT2D eigenvalue weighted by molar-refractivity contribution is 0.199. The maximum Gasteiger partial charge on any atom is 0.127 e. The standard InChI is InChI=1S/C11H15F2NO2/c12-9-1-2-11(13)8(5-9)6-14-10(7-16)3-4-15/h1-2,5,10,14-16H,3-4,6-7H2. The molecule has 0 aliphatic heterocycles. The minimum absolute atomic E-state index is 0.0656. The second-order valence-electron chi connectivity index (χ2n) is 3.51. The van der Waals surface area contributed by atoms with Gasteiger partial charge in [0.2, 0.25) is 0 Å². The van der Waals surface area contributed by atoms with Crippen LogP contribution in [0.15, 0.2) is 18.2 Å². The molecule has 1 unspecified atom stereocenters. The average Bonchev–Trinajstić information content (AvgIpc) is 2.28. The molecule has 0 amide bonds. The minimum atomic E-state index is -0.499. The first-order valence-corrected chi connectivity index (χ1v) is 5.06. The third-order valence-corrected chi connectivity index (χ3v) is 2.29. The fourth-order valence-electron chi connectivity index (χ4n) is 1.35. The lowest BCUT2D eigenvalue weighted by Gasteiger charge is -2.15. The summed E-state index contributed by atoms with van der Waals surface area (Å²) in [4.78, 5) is 0. The van der Waals surface area contributed by atoms with Gasteiger partial charge in [0.15, 0.2) is 0 Å². The third-order valence-electron chi connectivity index (χ3n) is 2.29. The van der Waals surface area contributed by atoms with E-state index in [-0.39, 0.29) is 31.4 Å². The van der Waals surface area contributed by atoms with Crippen LogP contribution in [0.1, 0.15) is 12.0 Å². The van der Waals surface area contributed by atoms with Crippen LogP contribution in [-0.4, -0.2) is 29.5 Å². The van der Waals surface area contributed by atoms with E-state index in [2.05, 4.69) is 5.32 Å². The molecule has 0 spiro atoms. The van der Waals surface area contributed by atoms with Crippen molar-refractivity contribution in [1.29, 1.82) is 0 Å². The van der Waals surface area contributed by atoms with Gasteiger partial charge >= 0.3 is 0 Å². The van der Waals surface area contributed by atoms with Gasteiger partial charge in [-0.15, -0.1) is 0 Å². The van der Waals surface area contributed by atoms with Crippen LogP contribution in [-0.2, 0) is 6.54 Å². The van der Waals surface area contributed by atoms with Gasteiger partial charge < -0.3 is 15.5 Å². The summed E-state index contributed by atoms with van der Waals surface area (Å²) in [5, 5.41) is 20.4. The van der Waals surface area contributed by atoms with E-state index in [0.29, 0.717) is 6.42 Å². The highest BCUT2D eigenvalue weighted by Crippen LogP contribution is 2.09. The highest BCUT2D eigenvalue weighted by Gasteiger charge is 2.08. The van der Waals surface area contributed by atoms with E-state index in [9.17, 15) is 8.78 Å². The monoisotopic (exact) mass is 231 g/mol. The number of aliphatic hydroxyl groups is 2. The Morgan fingerprint density at radius 1 is 1.25 bits per heavy atom. The molecule has 16 heavy (non-hydrogen) atoms. The molecule has 5 heteroatoms. The van der Waals surface area contributed by atoms with Crippen LogP contribution in [0.2, 0.25) is 0 Å². The molecule has 1 aromatic rings. The number of nitrogens with one attached hydrogen (secondary N) is 1. The number of rotatable bonds is 6. The Balaban J connectivity index is 2.55. The van der Waals surface area contributed by atoms with Gasteiger partial charge in [-0.3, -0.25) is 0 Å². The molecule has 0 aromatic heterocycles. The summed E-state index contributed by atoms with van der Waals surface area (Å²) >= 11 is 0. The molecule has 0 saturated carbocycles. The molecule has 0 fully saturated rings. The predicted molar refractivity (Wildman–Crippen MR) is 55.8 cm³/mol. The second kappa shape index (κ2) is 6.52. The van der Waals surface area contributed by atoms with Crippen molar-refractivity contribution in [3.05, 3.63) is 35.4 Å². The summed E-state index contributed by atoms with van der Waals surface area (Å²) in [6.45, 7) is -0.101. The Bertz CT molecular complexity index is 334. The SMILES string of the molecule is OCCC(CO)NCc1cc(F)ccc1F. The van der Waals surface area contributed by atoms with E-state index >= 15 is 0 Å². The molecule has 0 aliphatic carbocycles. The maximum absolute atomic E-state index is 13.2. The molecule has 1 rings (SSSR count). The molecule has 3 nitrogen and oxygen atoms in total. The zero-order valence-electron chi connectivity index (χ0n) is 8.79. The van der Waals surface area contributed by atoms with Gasteiger partial charge in [-0.25, -0.2) is 8.78 Å². The van der Waals surface area contributed by atoms with Crippen molar-refractivity contribution in [2.75, 3.05) is 13.2 Å². The lowest BCUT2D eigenvalue weighted by Crippen LogP contribution is -2.33. The van der Waals surface area contributed by atoms with Gasteiger partial charge in [0.05, 0.1) is 6.61 Å². The van der Waals surface area contributed by atoms with Crippen molar-refractivity contribution in [2.45, 2.75) is 19.0 Å². The highest BCUT2D eigenvalue weighted by molar-refractivity contribution is 5.18. The Hall–Kier alpha value is -1.04. The molecule has 1 aromatic carbocycles. The maximum atomic E-state index is 13.2. The first kappa shape index (κ1) is 13.0. The van der Waals surface area contributed by atoms with E-state index in [1.807, 2.05) is 0 Å². The zero-order valence-corrected chi connectivity index (χ0v) is 8.79. The van der Waals surface area contributed by atoms with E-state index in [1.54, 1.807) is 0 Å². The highest BCUT2D eigenvalue weighted by atomic mass is 19.1. The van der Waals surface area contributed by atoms with Crippen molar-refractivity contribution in [3.8, 4) is 0 Å². The average molecular weight is 231 g/mol. The third kappa shape index (κ3) is 3.84. The normalized spacial score (nSPS) is 12.8. The van der Waals surface area contributed by atoms with E-state index in [0.717, 1.165) is 18.2 Å².